The fourth-order valence-corrected chi connectivity index (χ4v) is 16.0. The Morgan fingerprint density at radius 3 is 0.964 bits per heavy atom. The maximum Gasteiger partial charge on any atom is 0.156 e. The van der Waals surface area contributed by atoms with Crippen LogP contribution in [0.1, 0.15) is 43.0 Å². The predicted molar refractivity (Wildman–Crippen MR) is 237 cm³/mol. The number of hydrogen-bond donors (Lipinski definition) is 0. The monoisotopic (exact) mass is 720 g/mol. The number of benzene rings is 7. The van der Waals surface area contributed by atoms with Crippen molar-refractivity contribution in [3.8, 4) is 0 Å². The molecule has 0 fully saturated rings. The van der Waals surface area contributed by atoms with Crippen molar-refractivity contribution in [1.29, 1.82) is 0 Å². The maximum absolute atomic E-state index is 5.30. The summed E-state index contributed by atoms with van der Waals surface area (Å²) in [6.07, 6.45) is 0. The van der Waals surface area contributed by atoms with Crippen LogP contribution in [0.3, 0.4) is 0 Å². The van der Waals surface area contributed by atoms with Gasteiger partial charge in [0.2, 0.25) is 0 Å². The molecule has 0 atom stereocenters. The van der Waals surface area contributed by atoms with Crippen molar-refractivity contribution in [2.75, 3.05) is 0 Å². The van der Waals surface area contributed by atoms with Crippen LogP contribution >= 0.6 is 0 Å². The van der Waals surface area contributed by atoms with E-state index in [2.05, 4.69) is 209 Å². The first kappa shape index (κ1) is 33.2. The van der Waals surface area contributed by atoms with Gasteiger partial charge in [0.25, 0.3) is 0 Å². The fraction of sp³-hybridized carbons (Fsp3) is 0.0769. The number of rotatable bonds is 5. The normalized spacial score (nSPS) is 14.5. The maximum atomic E-state index is 5.30. The SMILES string of the molecule is CC(C)(C)[Si]1(c2ccccc2)C(c2c3ccccc3nc3ccccc23)=C(c2ccccc2)C(c2ccccc2)=C1c1c2ccccc2nc2ccccc12. The van der Waals surface area contributed by atoms with E-state index in [4.69, 9.17) is 9.97 Å². The van der Waals surface area contributed by atoms with E-state index in [-0.39, 0.29) is 5.04 Å². The minimum absolute atomic E-state index is 0.230. The molecule has 0 saturated heterocycles. The van der Waals surface area contributed by atoms with Crippen LogP contribution in [0.25, 0.3) is 65.2 Å². The van der Waals surface area contributed by atoms with Gasteiger partial charge in [-0.1, -0.05) is 185 Å². The number of nitrogens with zero attached hydrogens (tertiary/aromatic N) is 2. The van der Waals surface area contributed by atoms with Gasteiger partial charge in [-0.05, 0) is 78.3 Å². The van der Waals surface area contributed by atoms with Crippen molar-refractivity contribution in [3.05, 3.63) is 210 Å². The molecule has 55 heavy (non-hydrogen) atoms. The van der Waals surface area contributed by atoms with Crippen LogP contribution in [0, 0.1) is 0 Å². The highest BCUT2D eigenvalue weighted by Gasteiger charge is 2.59. The molecule has 9 aromatic rings. The first-order valence-corrected chi connectivity index (χ1v) is 21.2. The van der Waals surface area contributed by atoms with Gasteiger partial charge >= 0.3 is 0 Å². The standard InChI is InChI=1S/C52H40N2Si/c1-52(2,3)55(37-25-11-6-12-26-37)50(48-38-27-13-17-31-42(38)53-43-32-18-14-28-39(43)48)46(35-21-7-4-8-22-35)47(36-23-9-5-10-24-36)51(55)49-40-29-15-19-33-44(40)54-45-34-20-16-30-41(45)49/h4-34H,1-3H3. The van der Waals surface area contributed by atoms with Gasteiger partial charge in [-0.2, -0.15) is 0 Å². The molecule has 0 spiro atoms. The molecule has 0 unspecified atom stereocenters. The van der Waals surface area contributed by atoms with Gasteiger partial charge in [0.05, 0.1) is 22.1 Å². The Morgan fingerprint density at radius 1 is 0.345 bits per heavy atom. The molecule has 0 N–H and O–H groups in total. The Kier molecular flexibility index (Phi) is 7.76. The fourth-order valence-electron chi connectivity index (χ4n) is 9.54. The van der Waals surface area contributed by atoms with Crippen molar-refractivity contribution in [1.82, 2.24) is 9.97 Å². The van der Waals surface area contributed by atoms with Crippen LogP contribution in [0.4, 0.5) is 0 Å². The van der Waals surface area contributed by atoms with Crippen LogP contribution < -0.4 is 5.19 Å². The summed E-state index contributed by atoms with van der Waals surface area (Å²) in [6, 6.07) is 69.0. The molecule has 0 aliphatic carbocycles. The molecule has 2 aromatic heterocycles. The number of allylic oxidation sites excluding steroid dienone is 2. The molecular formula is C52H40N2Si. The van der Waals surface area contributed by atoms with E-state index in [0.29, 0.717) is 0 Å². The number of hydrogen-bond acceptors (Lipinski definition) is 2. The molecule has 0 amide bonds. The van der Waals surface area contributed by atoms with E-state index in [1.807, 2.05) is 0 Å². The number of pyridine rings is 2. The van der Waals surface area contributed by atoms with E-state index in [1.54, 1.807) is 0 Å². The molecule has 1 aliphatic rings. The Labute approximate surface area is 323 Å². The van der Waals surface area contributed by atoms with E-state index in [1.165, 1.54) is 70.5 Å². The average molecular weight is 721 g/mol. The summed E-state index contributed by atoms with van der Waals surface area (Å²) in [7, 11) is -3.21. The largest absolute Gasteiger partial charge is 0.248 e. The summed E-state index contributed by atoms with van der Waals surface area (Å²) in [5, 5.41) is 8.75. The van der Waals surface area contributed by atoms with Crippen molar-refractivity contribution in [2.45, 2.75) is 25.8 Å². The topological polar surface area (TPSA) is 25.8 Å². The second-order valence-corrected chi connectivity index (χ2v) is 20.2. The molecule has 0 bridgehead atoms. The zero-order chi connectivity index (χ0) is 37.1. The second kappa shape index (κ2) is 12.9. The molecule has 10 rings (SSSR count). The lowest BCUT2D eigenvalue weighted by Crippen LogP contribution is -2.56. The molecule has 0 radical (unpaired) electrons. The third kappa shape index (κ3) is 5.00. The molecule has 7 aromatic carbocycles. The average Bonchev–Trinajstić information content (AvgIpc) is 3.55. The van der Waals surface area contributed by atoms with E-state index in [9.17, 15) is 0 Å². The van der Waals surface area contributed by atoms with Crippen molar-refractivity contribution >= 4 is 78.4 Å². The van der Waals surface area contributed by atoms with Crippen LogP contribution in [0.2, 0.25) is 5.04 Å². The zero-order valence-corrected chi connectivity index (χ0v) is 32.3. The highest BCUT2D eigenvalue weighted by Crippen LogP contribution is 2.64. The summed E-state index contributed by atoms with van der Waals surface area (Å²) < 4.78 is 0. The molecule has 262 valence electrons. The Bertz CT molecular complexity index is 2710. The number of para-hydroxylation sites is 4. The van der Waals surface area contributed by atoms with Crippen molar-refractivity contribution < 1.29 is 0 Å². The van der Waals surface area contributed by atoms with Gasteiger partial charge < -0.3 is 0 Å². The third-order valence-corrected chi connectivity index (χ3v) is 17.6. The van der Waals surface area contributed by atoms with Gasteiger partial charge in [0, 0.05) is 21.5 Å². The molecule has 1 aliphatic heterocycles. The minimum Gasteiger partial charge on any atom is -0.248 e. The van der Waals surface area contributed by atoms with Gasteiger partial charge in [-0.15, -0.1) is 0 Å². The van der Waals surface area contributed by atoms with Gasteiger partial charge in [0.1, 0.15) is 0 Å². The molecule has 2 nitrogen and oxygen atoms in total. The molecule has 3 heteroatoms. The predicted octanol–water partition coefficient (Wildman–Crippen LogP) is 12.9. The molecule has 3 heterocycles. The lowest BCUT2D eigenvalue weighted by atomic mass is 9.87. The van der Waals surface area contributed by atoms with Crippen LogP contribution in [0.15, 0.2) is 188 Å². The summed E-state index contributed by atoms with van der Waals surface area (Å²) in [6.45, 7) is 7.50. The van der Waals surface area contributed by atoms with E-state index < -0.39 is 8.07 Å². The van der Waals surface area contributed by atoms with Crippen molar-refractivity contribution in [3.63, 3.8) is 0 Å². The lowest BCUT2D eigenvalue weighted by Gasteiger charge is -2.46. The lowest BCUT2D eigenvalue weighted by molar-refractivity contribution is 0.741. The number of fused-ring (bicyclic) bond motifs is 4. The van der Waals surface area contributed by atoms with E-state index >= 15 is 0 Å². The van der Waals surface area contributed by atoms with Gasteiger partial charge in [-0.25, -0.2) is 9.97 Å². The van der Waals surface area contributed by atoms with Crippen LogP contribution in [0.5, 0.6) is 0 Å². The first-order chi connectivity index (χ1) is 27.0. The van der Waals surface area contributed by atoms with Crippen LogP contribution in [-0.4, -0.2) is 18.0 Å². The van der Waals surface area contributed by atoms with Crippen molar-refractivity contribution in [2.24, 2.45) is 0 Å². The van der Waals surface area contributed by atoms with Gasteiger partial charge in [0.15, 0.2) is 8.07 Å². The number of aromatic nitrogens is 2. The smallest absolute Gasteiger partial charge is 0.156 e. The first-order valence-electron chi connectivity index (χ1n) is 19.2. The highest BCUT2D eigenvalue weighted by molar-refractivity contribution is 7.24. The Balaban J connectivity index is 1.56. The highest BCUT2D eigenvalue weighted by atomic mass is 28.3. The summed E-state index contributed by atoms with van der Waals surface area (Å²) >= 11 is 0. The second-order valence-electron chi connectivity index (χ2n) is 15.6. The quantitative estimate of drug-likeness (QED) is 0.131. The van der Waals surface area contributed by atoms with Crippen LogP contribution in [-0.2, 0) is 0 Å². The molecule has 0 saturated carbocycles. The van der Waals surface area contributed by atoms with Gasteiger partial charge in [-0.3, -0.25) is 0 Å². The molecular weight excluding hydrogens is 681 g/mol. The zero-order valence-electron chi connectivity index (χ0n) is 31.3. The Morgan fingerprint density at radius 2 is 0.636 bits per heavy atom. The minimum atomic E-state index is -3.21. The summed E-state index contributed by atoms with van der Waals surface area (Å²) in [5.74, 6) is 0. The summed E-state index contributed by atoms with van der Waals surface area (Å²) in [5.41, 5.74) is 11.7. The Hall–Kier alpha value is -6.42. The van der Waals surface area contributed by atoms with E-state index in [0.717, 1.165) is 22.1 Å². The summed E-state index contributed by atoms with van der Waals surface area (Å²) in [4.78, 5) is 10.6. The third-order valence-electron chi connectivity index (χ3n) is 11.6.